The van der Waals surface area contributed by atoms with Crippen molar-refractivity contribution in [3.8, 4) is 5.88 Å². The summed E-state index contributed by atoms with van der Waals surface area (Å²) < 4.78 is 4.98. The molecule has 1 unspecified atom stereocenters. The fourth-order valence-corrected chi connectivity index (χ4v) is 2.13. The van der Waals surface area contributed by atoms with Crippen LogP contribution in [0.5, 0.6) is 5.88 Å². The van der Waals surface area contributed by atoms with Crippen molar-refractivity contribution in [3.63, 3.8) is 0 Å². The smallest absolute Gasteiger partial charge is 0.233 e. The van der Waals surface area contributed by atoms with E-state index in [0.717, 1.165) is 18.2 Å². The minimum Gasteiger partial charge on any atom is -0.480 e. The van der Waals surface area contributed by atoms with Crippen LogP contribution >= 0.6 is 0 Å². The summed E-state index contributed by atoms with van der Waals surface area (Å²) in [4.78, 5) is 2.27. The van der Waals surface area contributed by atoms with Gasteiger partial charge in [-0.2, -0.15) is 5.10 Å². The summed E-state index contributed by atoms with van der Waals surface area (Å²) in [6.07, 6.45) is 2.61. The molecule has 1 aromatic heterocycles. The molecule has 94 valence electrons. The highest BCUT2D eigenvalue weighted by Gasteiger charge is 2.32. The van der Waals surface area contributed by atoms with Crippen molar-refractivity contribution in [3.05, 3.63) is 17.8 Å². The van der Waals surface area contributed by atoms with Gasteiger partial charge in [0.2, 0.25) is 5.88 Å². The third-order valence-corrected chi connectivity index (χ3v) is 3.29. The highest BCUT2D eigenvalue weighted by atomic mass is 16.5. The number of nitrogens with zero attached hydrogens (tertiary/aromatic N) is 3. The second kappa shape index (κ2) is 5.42. The van der Waals surface area contributed by atoms with Crippen LogP contribution < -0.4 is 10.5 Å². The summed E-state index contributed by atoms with van der Waals surface area (Å²) >= 11 is 0. The molecule has 0 radical (unpaired) electrons. The molecule has 0 aromatic carbocycles. The molecule has 1 atom stereocenters. The van der Waals surface area contributed by atoms with Gasteiger partial charge in [0.25, 0.3) is 0 Å². The van der Waals surface area contributed by atoms with Gasteiger partial charge in [0.1, 0.15) is 0 Å². The van der Waals surface area contributed by atoms with Crippen LogP contribution in [0.4, 0.5) is 0 Å². The number of aromatic nitrogens is 2. The number of nitrogens with two attached hydrogens (primary N) is 1. The zero-order chi connectivity index (χ0) is 12.3. The van der Waals surface area contributed by atoms with Gasteiger partial charge in [0.05, 0.1) is 12.8 Å². The van der Waals surface area contributed by atoms with Crippen LogP contribution in [0, 0.1) is 5.92 Å². The van der Waals surface area contributed by atoms with E-state index < -0.39 is 0 Å². The summed E-state index contributed by atoms with van der Waals surface area (Å²) in [6, 6.07) is 4.26. The summed E-state index contributed by atoms with van der Waals surface area (Å²) in [6.45, 7) is 1.50. The van der Waals surface area contributed by atoms with Crippen molar-refractivity contribution >= 4 is 0 Å². The highest BCUT2D eigenvalue weighted by molar-refractivity contribution is 5.11. The molecule has 5 heteroatoms. The Labute approximate surface area is 102 Å². The van der Waals surface area contributed by atoms with Crippen molar-refractivity contribution in [2.75, 3.05) is 20.7 Å². The molecule has 1 aromatic rings. The molecule has 0 aliphatic heterocycles. The average Bonchev–Trinajstić information content (AvgIpc) is 3.15. The lowest BCUT2D eigenvalue weighted by atomic mass is 10.1. The number of methoxy groups -OCH3 is 1. The minimum atomic E-state index is 0.471. The molecule has 0 bridgehead atoms. The maximum atomic E-state index is 5.82. The molecule has 17 heavy (non-hydrogen) atoms. The van der Waals surface area contributed by atoms with E-state index in [1.165, 1.54) is 12.8 Å². The maximum absolute atomic E-state index is 5.82. The first-order valence-corrected chi connectivity index (χ1v) is 6.01. The Balaban J connectivity index is 1.93. The number of rotatable bonds is 6. The van der Waals surface area contributed by atoms with Crippen molar-refractivity contribution in [2.24, 2.45) is 11.7 Å². The van der Waals surface area contributed by atoms with Crippen molar-refractivity contribution in [1.82, 2.24) is 15.1 Å². The van der Waals surface area contributed by atoms with Crippen molar-refractivity contribution < 1.29 is 4.74 Å². The molecule has 0 amide bonds. The number of ether oxygens (including phenoxy) is 1. The van der Waals surface area contributed by atoms with Gasteiger partial charge in [0.15, 0.2) is 0 Å². The molecule has 1 saturated carbocycles. The van der Waals surface area contributed by atoms with E-state index in [0.29, 0.717) is 18.5 Å². The van der Waals surface area contributed by atoms with E-state index >= 15 is 0 Å². The first kappa shape index (κ1) is 12.3. The average molecular weight is 236 g/mol. The van der Waals surface area contributed by atoms with Gasteiger partial charge < -0.3 is 10.5 Å². The molecular formula is C12H20N4O. The lowest BCUT2D eigenvalue weighted by molar-refractivity contribution is 0.212. The Kier molecular flexibility index (Phi) is 3.91. The first-order chi connectivity index (χ1) is 8.24. The fourth-order valence-electron chi connectivity index (χ4n) is 2.13. The van der Waals surface area contributed by atoms with Crippen molar-refractivity contribution in [2.45, 2.75) is 25.4 Å². The van der Waals surface area contributed by atoms with Crippen LogP contribution in [0.25, 0.3) is 0 Å². The number of hydrogen-bond acceptors (Lipinski definition) is 5. The topological polar surface area (TPSA) is 64.3 Å². The van der Waals surface area contributed by atoms with Gasteiger partial charge in [-0.15, -0.1) is 5.10 Å². The van der Waals surface area contributed by atoms with E-state index in [4.69, 9.17) is 10.5 Å². The molecule has 1 aliphatic rings. The van der Waals surface area contributed by atoms with Gasteiger partial charge in [-0.25, -0.2) is 0 Å². The van der Waals surface area contributed by atoms with Gasteiger partial charge in [-0.3, -0.25) is 4.90 Å². The molecule has 1 aliphatic carbocycles. The van der Waals surface area contributed by atoms with E-state index in [9.17, 15) is 0 Å². The molecule has 0 spiro atoms. The Morgan fingerprint density at radius 3 is 2.71 bits per heavy atom. The first-order valence-electron chi connectivity index (χ1n) is 6.01. The zero-order valence-electron chi connectivity index (χ0n) is 10.5. The second-order valence-corrected chi connectivity index (χ2v) is 4.62. The maximum Gasteiger partial charge on any atom is 0.233 e. The molecule has 1 heterocycles. The number of likely N-dealkylation sites (N-methyl/N-ethyl adjacent to an activating group) is 1. The molecule has 0 saturated heterocycles. The zero-order valence-corrected chi connectivity index (χ0v) is 10.5. The largest absolute Gasteiger partial charge is 0.480 e. The predicted octanol–water partition coefficient (Wildman–Crippen LogP) is 0.654. The minimum absolute atomic E-state index is 0.471. The van der Waals surface area contributed by atoms with Crippen molar-refractivity contribution in [1.29, 1.82) is 0 Å². The summed E-state index contributed by atoms with van der Waals surface area (Å²) in [7, 11) is 3.69. The monoisotopic (exact) mass is 236 g/mol. The second-order valence-electron chi connectivity index (χ2n) is 4.62. The summed E-state index contributed by atoms with van der Waals surface area (Å²) in [5.74, 6) is 1.32. The van der Waals surface area contributed by atoms with E-state index in [-0.39, 0.29) is 0 Å². The standard InChI is InChI=1S/C12H20N4O/c1-16(11(7-13)9-3-4-9)8-10-5-6-12(17-2)15-14-10/h5-6,9,11H,3-4,7-8,13H2,1-2H3. The lowest BCUT2D eigenvalue weighted by Gasteiger charge is -2.26. The normalized spacial score (nSPS) is 17.2. The van der Waals surface area contributed by atoms with Crippen LogP contribution in [0.2, 0.25) is 0 Å². The molecular weight excluding hydrogens is 216 g/mol. The molecule has 1 fully saturated rings. The quantitative estimate of drug-likeness (QED) is 0.786. The Bertz CT molecular complexity index is 350. The predicted molar refractivity (Wildman–Crippen MR) is 65.6 cm³/mol. The fraction of sp³-hybridized carbons (Fsp3) is 0.667. The van der Waals surface area contributed by atoms with Gasteiger partial charge in [-0.1, -0.05) is 0 Å². The molecule has 2 N–H and O–H groups in total. The summed E-state index contributed by atoms with van der Waals surface area (Å²) in [5.41, 5.74) is 6.77. The van der Waals surface area contributed by atoms with Crippen LogP contribution in [0.1, 0.15) is 18.5 Å². The number of hydrogen-bond donors (Lipinski definition) is 1. The summed E-state index contributed by atoms with van der Waals surface area (Å²) in [5, 5.41) is 8.09. The molecule has 2 rings (SSSR count). The van der Waals surface area contributed by atoms with Gasteiger partial charge in [0, 0.05) is 25.2 Å². The van der Waals surface area contributed by atoms with Crippen LogP contribution in [0.3, 0.4) is 0 Å². The third-order valence-electron chi connectivity index (χ3n) is 3.29. The third kappa shape index (κ3) is 3.14. The van der Waals surface area contributed by atoms with Crippen LogP contribution in [0.15, 0.2) is 12.1 Å². The highest BCUT2D eigenvalue weighted by Crippen LogP contribution is 2.34. The van der Waals surface area contributed by atoms with Crippen LogP contribution in [-0.2, 0) is 6.54 Å². The van der Waals surface area contributed by atoms with Gasteiger partial charge in [-0.05, 0) is 31.9 Å². The Morgan fingerprint density at radius 1 is 1.47 bits per heavy atom. The SMILES string of the molecule is COc1ccc(CN(C)C(CN)C2CC2)nn1. The van der Waals surface area contributed by atoms with Crippen LogP contribution in [-0.4, -0.2) is 41.8 Å². The van der Waals surface area contributed by atoms with E-state index in [1.54, 1.807) is 7.11 Å². The van der Waals surface area contributed by atoms with E-state index in [2.05, 4.69) is 22.1 Å². The lowest BCUT2D eigenvalue weighted by Crippen LogP contribution is -2.39. The van der Waals surface area contributed by atoms with Gasteiger partial charge >= 0.3 is 0 Å². The molecule has 5 nitrogen and oxygen atoms in total. The van der Waals surface area contributed by atoms with E-state index in [1.807, 2.05) is 12.1 Å². The Morgan fingerprint density at radius 2 is 2.24 bits per heavy atom. The Hall–Kier alpha value is -1.20.